The van der Waals surface area contributed by atoms with Gasteiger partial charge in [0.2, 0.25) is 5.91 Å². The van der Waals surface area contributed by atoms with Crippen molar-refractivity contribution in [2.75, 3.05) is 16.4 Å². The molecule has 5 nitrogen and oxygen atoms in total. The Hall–Kier alpha value is -1.26. The zero-order valence-electron chi connectivity index (χ0n) is 14.9. The molecule has 0 radical (unpaired) electrons. The highest BCUT2D eigenvalue weighted by atomic mass is 35.5. The largest absolute Gasteiger partial charge is 0.416 e. The van der Waals surface area contributed by atoms with Crippen molar-refractivity contribution < 1.29 is 26.4 Å². The molecule has 2 heterocycles. The van der Waals surface area contributed by atoms with E-state index in [4.69, 9.17) is 11.6 Å². The summed E-state index contributed by atoms with van der Waals surface area (Å²) in [6.45, 7) is 1.93. The van der Waals surface area contributed by atoms with Crippen LogP contribution in [0.4, 0.5) is 18.9 Å². The molecule has 0 N–H and O–H groups in total. The van der Waals surface area contributed by atoms with Gasteiger partial charge in [0.15, 0.2) is 15.0 Å². The first-order chi connectivity index (χ1) is 13.0. The highest BCUT2D eigenvalue weighted by molar-refractivity contribution is 8.16. The van der Waals surface area contributed by atoms with Crippen LogP contribution in [-0.4, -0.2) is 42.3 Å². The van der Waals surface area contributed by atoms with Gasteiger partial charge < -0.3 is 4.90 Å². The Labute approximate surface area is 170 Å². The lowest BCUT2D eigenvalue weighted by Crippen LogP contribution is -2.38. The number of carbonyl (C=O) groups is 1. The molecule has 3 rings (SSSR count). The zero-order valence-corrected chi connectivity index (χ0v) is 17.3. The number of hydrogen-bond donors (Lipinski definition) is 0. The number of halogens is 4. The van der Waals surface area contributed by atoms with Crippen LogP contribution >= 0.6 is 23.4 Å². The first-order valence-electron chi connectivity index (χ1n) is 8.66. The second kappa shape index (κ2) is 7.87. The third-order valence-corrected chi connectivity index (χ3v) is 8.09. The van der Waals surface area contributed by atoms with E-state index in [0.717, 1.165) is 36.4 Å². The number of hydrogen-bond acceptors (Lipinski definition) is 4. The second-order valence-corrected chi connectivity index (χ2v) is 10.5. The maximum atomic E-state index is 13.2. The predicted octanol–water partition coefficient (Wildman–Crippen LogP) is 4.15. The minimum atomic E-state index is -4.58. The molecule has 11 heteroatoms. The first-order valence-corrected chi connectivity index (χ1v) is 11.7. The van der Waals surface area contributed by atoms with Gasteiger partial charge in [0, 0.05) is 11.7 Å². The smallest absolute Gasteiger partial charge is 0.314 e. The van der Waals surface area contributed by atoms with Gasteiger partial charge in [0.05, 0.1) is 33.8 Å². The number of amidine groups is 1. The van der Waals surface area contributed by atoms with E-state index in [0.29, 0.717) is 6.42 Å². The molecule has 2 saturated heterocycles. The summed E-state index contributed by atoms with van der Waals surface area (Å²) in [4.78, 5) is 17.6. The minimum absolute atomic E-state index is 0.00985. The van der Waals surface area contributed by atoms with Crippen LogP contribution in [0.5, 0.6) is 0 Å². The number of sulfone groups is 1. The third-order valence-electron chi connectivity index (χ3n) is 4.56. The van der Waals surface area contributed by atoms with Crippen molar-refractivity contribution in [1.29, 1.82) is 0 Å². The van der Waals surface area contributed by atoms with Crippen molar-refractivity contribution in [2.24, 2.45) is 4.99 Å². The average molecular weight is 455 g/mol. The molecule has 28 heavy (non-hydrogen) atoms. The van der Waals surface area contributed by atoms with E-state index in [1.807, 2.05) is 6.92 Å². The van der Waals surface area contributed by atoms with Crippen molar-refractivity contribution in [1.82, 2.24) is 0 Å². The highest BCUT2D eigenvalue weighted by Gasteiger charge is 2.50. The fraction of sp³-hybridized carbons (Fsp3) is 0.529. The first kappa shape index (κ1) is 21.4. The Morgan fingerprint density at radius 1 is 1.36 bits per heavy atom. The molecule has 0 unspecified atom stereocenters. The van der Waals surface area contributed by atoms with Crippen LogP contribution in [0.15, 0.2) is 23.2 Å². The molecule has 154 valence electrons. The van der Waals surface area contributed by atoms with Gasteiger partial charge in [0.25, 0.3) is 0 Å². The number of anilines is 1. The molecule has 2 fully saturated rings. The van der Waals surface area contributed by atoms with Crippen LogP contribution in [0.1, 0.15) is 31.7 Å². The number of nitrogens with zero attached hydrogens (tertiary/aromatic N) is 2. The molecular weight excluding hydrogens is 437 g/mol. The van der Waals surface area contributed by atoms with Gasteiger partial charge >= 0.3 is 6.18 Å². The van der Waals surface area contributed by atoms with Gasteiger partial charge in [-0.15, -0.1) is 0 Å². The van der Waals surface area contributed by atoms with E-state index >= 15 is 0 Å². The van der Waals surface area contributed by atoms with E-state index in [1.54, 1.807) is 0 Å². The van der Waals surface area contributed by atoms with Crippen LogP contribution in [0.25, 0.3) is 0 Å². The van der Waals surface area contributed by atoms with Gasteiger partial charge in [-0.25, -0.2) is 8.42 Å². The fourth-order valence-electron chi connectivity index (χ4n) is 3.21. The number of thioether (sulfide) groups is 1. The lowest BCUT2D eigenvalue weighted by atomic mass is 10.1. The normalized spacial score (nSPS) is 25.3. The summed E-state index contributed by atoms with van der Waals surface area (Å²) in [6.07, 6.45) is -2.91. The predicted molar refractivity (Wildman–Crippen MR) is 105 cm³/mol. The van der Waals surface area contributed by atoms with Gasteiger partial charge in [-0.1, -0.05) is 36.7 Å². The lowest BCUT2D eigenvalue weighted by Gasteiger charge is -2.26. The van der Waals surface area contributed by atoms with Gasteiger partial charge in [-0.3, -0.25) is 4.79 Å². The Balaban J connectivity index is 2.05. The number of carbonyl (C=O) groups excluding carboxylic acids is 1. The summed E-state index contributed by atoms with van der Waals surface area (Å²) in [5.41, 5.74) is -0.895. The van der Waals surface area contributed by atoms with E-state index < -0.39 is 32.9 Å². The molecule has 2 atom stereocenters. The Bertz CT molecular complexity index is 919. The Morgan fingerprint density at radius 3 is 2.71 bits per heavy atom. The topological polar surface area (TPSA) is 66.8 Å². The molecule has 1 amide bonds. The highest BCUT2D eigenvalue weighted by Crippen LogP contribution is 2.44. The summed E-state index contributed by atoms with van der Waals surface area (Å²) in [7, 11) is -3.33. The van der Waals surface area contributed by atoms with Gasteiger partial charge in [-0.05, 0) is 24.6 Å². The van der Waals surface area contributed by atoms with E-state index in [9.17, 15) is 26.4 Å². The third kappa shape index (κ3) is 4.49. The molecule has 2 aliphatic heterocycles. The van der Waals surface area contributed by atoms with E-state index in [2.05, 4.69) is 4.99 Å². The number of fused-ring (bicyclic) bond motifs is 1. The van der Waals surface area contributed by atoms with Crippen LogP contribution in [0.3, 0.4) is 0 Å². The second-order valence-electron chi connectivity index (χ2n) is 6.73. The number of rotatable bonds is 4. The maximum Gasteiger partial charge on any atom is 0.416 e. The fourth-order valence-corrected chi connectivity index (χ4v) is 7.34. The molecule has 0 spiro atoms. The van der Waals surface area contributed by atoms with Crippen molar-refractivity contribution >= 4 is 50.0 Å². The molecule has 0 aromatic heterocycles. The average Bonchev–Trinajstić information content (AvgIpc) is 3.03. The van der Waals surface area contributed by atoms with Gasteiger partial charge in [-0.2, -0.15) is 18.2 Å². The van der Waals surface area contributed by atoms with E-state index in [1.165, 1.54) is 4.90 Å². The summed E-state index contributed by atoms with van der Waals surface area (Å²) < 4.78 is 63.6. The Morgan fingerprint density at radius 2 is 2.07 bits per heavy atom. The Kier molecular flexibility index (Phi) is 6.03. The van der Waals surface area contributed by atoms with Crippen molar-refractivity contribution in [3.8, 4) is 0 Å². The maximum absolute atomic E-state index is 13.2. The molecule has 0 saturated carbocycles. The van der Waals surface area contributed by atoms with Crippen molar-refractivity contribution in [2.45, 2.75) is 43.7 Å². The quantitative estimate of drug-likeness (QED) is 0.683. The zero-order chi connectivity index (χ0) is 20.7. The number of benzene rings is 1. The summed E-state index contributed by atoms with van der Waals surface area (Å²) in [5.74, 6) is -0.725. The standard InChI is InChI=1S/C17H18ClF3N2O3S2/c1-2-3-4-15(24)22-16-23(13-8-28(25,26)9-14(13)27-16)12-7-10(17(19,20)21)5-6-11(12)18/h5-7,13-14H,2-4,8-9H2,1H3/t13-,14+/m0/s1. The molecule has 0 bridgehead atoms. The van der Waals surface area contributed by atoms with E-state index in [-0.39, 0.29) is 39.7 Å². The lowest BCUT2D eigenvalue weighted by molar-refractivity contribution is -0.137. The number of aliphatic imine (C=N–C) groups is 1. The summed E-state index contributed by atoms with van der Waals surface area (Å²) in [5, 5.41) is -0.173. The number of alkyl halides is 3. The SMILES string of the molecule is CCCCC(=O)N=C1S[C@@H]2CS(=O)(=O)C[C@@H]2N1c1cc(C(F)(F)F)ccc1Cl. The molecule has 1 aromatic carbocycles. The van der Waals surface area contributed by atoms with Crippen molar-refractivity contribution in [3.05, 3.63) is 28.8 Å². The molecule has 1 aromatic rings. The minimum Gasteiger partial charge on any atom is -0.314 e. The molecule has 2 aliphatic rings. The monoisotopic (exact) mass is 454 g/mol. The van der Waals surface area contributed by atoms with Crippen LogP contribution in [0.2, 0.25) is 5.02 Å². The molecular formula is C17H18ClF3N2O3S2. The van der Waals surface area contributed by atoms with Gasteiger partial charge in [0.1, 0.15) is 0 Å². The van der Waals surface area contributed by atoms with Crippen LogP contribution in [0, 0.1) is 0 Å². The van der Waals surface area contributed by atoms with Crippen LogP contribution < -0.4 is 4.90 Å². The van der Waals surface area contributed by atoms with Crippen LogP contribution in [-0.2, 0) is 20.8 Å². The summed E-state index contributed by atoms with van der Waals surface area (Å²) in [6, 6.07) is 2.25. The number of unbranched alkanes of at least 4 members (excludes halogenated alkanes) is 1. The summed E-state index contributed by atoms with van der Waals surface area (Å²) >= 11 is 7.27. The molecule has 0 aliphatic carbocycles. The number of amides is 1. The van der Waals surface area contributed by atoms with Crippen molar-refractivity contribution in [3.63, 3.8) is 0 Å².